The van der Waals surface area contributed by atoms with Gasteiger partial charge in [0.05, 0.1) is 24.8 Å². The lowest BCUT2D eigenvalue weighted by Crippen LogP contribution is -1.96. The lowest BCUT2D eigenvalue weighted by molar-refractivity contribution is 0.181. The lowest BCUT2D eigenvalue weighted by atomic mass is 10.3. The fraction of sp³-hybridized carbons (Fsp3) is 0.286. The molecule has 2 aromatic rings. The first-order valence-corrected chi connectivity index (χ1v) is 6.66. The normalized spacial score (nSPS) is 10.1. The Morgan fingerprint density at radius 1 is 1.26 bits per heavy atom. The molecule has 0 radical (unpaired) electrons. The van der Waals surface area contributed by atoms with Gasteiger partial charge in [-0.1, -0.05) is 18.2 Å². The predicted octanol–water partition coefficient (Wildman–Crippen LogP) is 2.93. The minimum Gasteiger partial charge on any atom is -0.486 e. The van der Waals surface area contributed by atoms with E-state index < -0.39 is 0 Å². The minimum atomic E-state index is 0.363. The van der Waals surface area contributed by atoms with Crippen LogP contribution in [0.2, 0.25) is 0 Å². The van der Waals surface area contributed by atoms with E-state index in [2.05, 4.69) is 11.1 Å². The predicted molar refractivity (Wildman–Crippen MR) is 72.9 cm³/mol. The Labute approximate surface area is 116 Å². The van der Waals surface area contributed by atoms with Crippen LogP contribution in [0.4, 0.5) is 0 Å². The number of nitrogens with zero attached hydrogens (tertiary/aromatic N) is 2. The molecule has 0 unspecified atom stereocenters. The molecule has 1 heterocycles. The highest BCUT2D eigenvalue weighted by Crippen LogP contribution is 2.21. The third-order valence-electron chi connectivity index (χ3n) is 2.45. The molecule has 19 heavy (non-hydrogen) atoms. The topological polar surface area (TPSA) is 55.1 Å². The molecular formula is C14H14N2O2S. The van der Waals surface area contributed by atoms with Crippen LogP contribution in [-0.4, -0.2) is 12.1 Å². The Morgan fingerprint density at radius 3 is 2.74 bits per heavy atom. The number of ether oxygens (including phenoxy) is 2. The van der Waals surface area contributed by atoms with Gasteiger partial charge in [0.15, 0.2) is 0 Å². The molecule has 0 saturated heterocycles. The third-order valence-corrected chi connectivity index (χ3v) is 3.52. The summed E-state index contributed by atoms with van der Waals surface area (Å²) in [6.07, 6.45) is 0.363. The van der Waals surface area contributed by atoms with Gasteiger partial charge in [-0.15, -0.1) is 11.3 Å². The zero-order valence-electron chi connectivity index (χ0n) is 10.6. The first kappa shape index (κ1) is 13.5. The van der Waals surface area contributed by atoms with Gasteiger partial charge in [-0.3, -0.25) is 0 Å². The van der Waals surface area contributed by atoms with E-state index in [-0.39, 0.29) is 0 Å². The Balaban J connectivity index is 2.04. The van der Waals surface area contributed by atoms with E-state index in [9.17, 15) is 0 Å². The minimum absolute atomic E-state index is 0.363. The molecule has 1 aromatic heterocycles. The Hall–Kier alpha value is -1.90. The molecule has 0 aliphatic rings. The third kappa shape index (κ3) is 3.78. The number of benzene rings is 1. The summed E-state index contributed by atoms with van der Waals surface area (Å²) in [6.45, 7) is 0.843. The molecular weight excluding hydrogens is 260 g/mol. The summed E-state index contributed by atoms with van der Waals surface area (Å²) in [5.41, 5.74) is 0.834. The van der Waals surface area contributed by atoms with Crippen molar-refractivity contribution in [2.45, 2.75) is 19.6 Å². The Morgan fingerprint density at radius 2 is 2.05 bits per heavy atom. The molecule has 0 amide bonds. The maximum Gasteiger partial charge on any atom is 0.140 e. The van der Waals surface area contributed by atoms with Gasteiger partial charge in [0.1, 0.15) is 17.4 Å². The van der Waals surface area contributed by atoms with Gasteiger partial charge in [-0.2, -0.15) is 5.26 Å². The van der Waals surface area contributed by atoms with Gasteiger partial charge in [-0.05, 0) is 12.1 Å². The van der Waals surface area contributed by atoms with Crippen LogP contribution in [0.25, 0.3) is 0 Å². The van der Waals surface area contributed by atoms with Crippen molar-refractivity contribution < 1.29 is 9.47 Å². The highest BCUT2D eigenvalue weighted by atomic mass is 32.1. The number of aromatic nitrogens is 1. The molecule has 0 spiro atoms. The van der Waals surface area contributed by atoms with E-state index in [4.69, 9.17) is 14.7 Å². The number of hydrogen-bond acceptors (Lipinski definition) is 5. The first-order chi connectivity index (χ1) is 9.33. The van der Waals surface area contributed by atoms with E-state index >= 15 is 0 Å². The molecule has 5 heteroatoms. The van der Waals surface area contributed by atoms with Gasteiger partial charge in [0.25, 0.3) is 0 Å². The van der Waals surface area contributed by atoms with E-state index in [0.29, 0.717) is 19.6 Å². The van der Waals surface area contributed by atoms with Crippen LogP contribution in [0.5, 0.6) is 5.75 Å². The molecule has 98 valence electrons. The van der Waals surface area contributed by atoms with Crippen molar-refractivity contribution in [2.75, 3.05) is 7.11 Å². The van der Waals surface area contributed by atoms with E-state index in [1.165, 1.54) is 11.3 Å². The van der Waals surface area contributed by atoms with Crippen molar-refractivity contribution in [3.8, 4) is 11.8 Å². The average Bonchev–Trinajstić information content (AvgIpc) is 2.81. The molecule has 0 N–H and O–H groups in total. The number of para-hydroxylation sites is 1. The largest absolute Gasteiger partial charge is 0.486 e. The van der Waals surface area contributed by atoms with Crippen LogP contribution in [0.3, 0.4) is 0 Å². The quantitative estimate of drug-likeness (QED) is 0.812. The van der Waals surface area contributed by atoms with E-state index in [1.807, 2.05) is 30.3 Å². The van der Waals surface area contributed by atoms with Crippen LogP contribution in [-0.2, 0) is 24.4 Å². The fourth-order valence-electron chi connectivity index (χ4n) is 1.62. The van der Waals surface area contributed by atoms with Gasteiger partial charge in [-0.25, -0.2) is 4.98 Å². The SMILES string of the molecule is COCc1nc(COc2ccccc2)sc1CC#N. The summed E-state index contributed by atoms with van der Waals surface area (Å²) >= 11 is 1.50. The molecule has 0 fully saturated rings. The Bertz CT molecular complexity index is 561. The standard InChI is InChI=1S/C14H14N2O2S/c1-17-9-12-13(7-8-15)19-14(16-12)10-18-11-5-3-2-4-6-11/h2-6H,7,9-10H2,1H3. The van der Waals surface area contributed by atoms with Gasteiger partial charge < -0.3 is 9.47 Å². The first-order valence-electron chi connectivity index (χ1n) is 5.84. The monoisotopic (exact) mass is 274 g/mol. The van der Waals surface area contributed by atoms with Crippen molar-refractivity contribution in [1.29, 1.82) is 5.26 Å². The maximum absolute atomic E-state index is 8.79. The number of thiazole rings is 1. The highest BCUT2D eigenvalue weighted by molar-refractivity contribution is 7.11. The summed E-state index contributed by atoms with van der Waals surface area (Å²) in [5, 5.41) is 9.65. The summed E-state index contributed by atoms with van der Waals surface area (Å²) < 4.78 is 10.7. The lowest BCUT2D eigenvalue weighted by Gasteiger charge is -2.02. The number of rotatable bonds is 6. The maximum atomic E-state index is 8.79. The van der Waals surface area contributed by atoms with Crippen LogP contribution in [0.1, 0.15) is 15.6 Å². The van der Waals surface area contributed by atoms with Gasteiger partial charge >= 0.3 is 0 Å². The molecule has 4 nitrogen and oxygen atoms in total. The number of nitriles is 1. The second-order valence-corrected chi connectivity index (χ2v) is 5.02. The summed E-state index contributed by atoms with van der Waals surface area (Å²) in [5.74, 6) is 0.813. The van der Waals surface area contributed by atoms with Crippen LogP contribution in [0, 0.1) is 11.3 Å². The summed E-state index contributed by atoms with van der Waals surface area (Å²) in [4.78, 5) is 5.41. The molecule has 0 atom stereocenters. The number of hydrogen-bond donors (Lipinski definition) is 0. The van der Waals surface area contributed by atoms with Crippen molar-refractivity contribution in [1.82, 2.24) is 4.98 Å². The Kier molecular flexibility index (Phi) is 4.90. The number of methoxy groups -OCH3 is 1. The second kappa shape index (κ2) is 6.88. The smallest absolute Gasteiger partial charge is 0.140 e. The average molecular weight is 274 g/mol. The fourth-order valence-corrected chi connectivity index (χ4v) is 2.54. The molecule has 1 aromatic carbocycles. The van der Waals surface area contributed by atoms with Crippen molar-refractivity contribution in [3.63, 3.8) is 0 Å². The molecule has 0 saturated carbocycles. The zero-order valence-corrected chi connectivity index (χ0v) is 11.4. The molecule has 0 bridgehead atoms. The highest BCUT2D eigenvalue weighted by Gasteiger charge is 2.11. The van der Waals surface area contributed by atoms with Crippen molar-refractivity contribution in [2.24, 2.45) is 0 Å². The van der Waals surface area contributed by atoms with Crippen LogP contribution in [0.15, 0.2) is 30.3 Å². The molecule has 2 rings (SSSR count). The van der Waals surface area contributed by atoms with E-state index in [0.717, 1.165) is 21.3 Å². The van der Waals surface area contributed by atoms with Crippen molar-refractivity contribution >= 4 is 11.3 Å². The molecule has 0 aliphatic heterocycles. The molecule has 0 aliphatic carbocycles. The summed E-state index contributed by atoms with van der Waals surface area (Å²) in [6, 6.07) is 11.7. The van der Waals surface area contributed by atoms with Crippen LogP contribution < -0.4 is 4.74 Å². The second-order valence-electron chi connectivity index (χ2n) is 3.85. The van der Waals surface area contributed by atoms with Gasteiger partial charge in [0, 0.05) is 12.0 Å². The zero-order chi connectivity index (χ0) is 13.5. The van der Waals surface area contributed by atoms with E-state index in [1.54, 1.807) is 7.11 Å². The summed E-state index contributed by atoms with van der Waals surface area (Å²) in [7, 11) is 1.62. The van der Waals surface area contributed by atoms with Crippen LogP contribution >= 0.6 is 11.3 Å². The van der Waals surface area contributed by atoms with Gasteiger partial charge in [0.2, 0.25) is 0 Å². The van der Waals surface area contributed by atoms with Crippen molar-refractivity contribution in [3.05, 3.63) is 45.9 Å².